The Hall–Kier alpha value is -2.32. The summed E-state index contributed by atoms with van der Waals surface area (Å²) in [6.07, 6.45) is 3.11. The number of methoxy groups -OCH3 is 1. The molecule has 0 aliphatic rings. The Morgan fingerprint density at radius 1 is 1.23 bits per heavy atom. The molecule has 0 amide bonds. The predicted molar refractivity (Wildman–Crippen MR) is 99.5 cm³/mol. The molecule has 0 saturated carbocycles. The Labute approximate surface area is 163 Å². The van der Waals surface area contributed by atoms with E-state index in [2.05, 4.69) is 31.6 Å². The van der Waals surface area contributed by atoms with Gasteiger partial charge in [0.1, 0.15) is 25.1 Å². The number of nitrogens with zero attached hydrogens (tertiary/aromatic N) is 3. The maximum Gasteiger partial charge on any atom is 0.162 e. The van der Waals surface area contributed by atoms with Crippen molar-refractivity contribution in [1.82, 2.24) is 14.9 Å². The summed E-state index contributed by atoms with van der Waals surface area (Å²) < 4.78 is 27.5. The first-order valence-electron chi connectivity index (χ1n) is 7.59. The van der Waals surface area contributed by atoms with Gasteiger partial charge in [0.05, 0.1) is 18.7 Å². The van der Waals surface area contributed by atoms with Crippen LogP contribution in [0.1, 0.15) is 11.1 Å². The summed E-state index contributed by atoms with van der Waals surface area (Å²) in [5.41, 5.74) is 4.36. The fourth-order valence-corrected chi connectivity index (χ4v) is 2.94. The van der Waals surface area contributed by atoms with Crippen LogP contribution in [0.25, 0.3) is 0 Å². The van der Waals surface area contributed by atoms with Crippen molar-refractivity contribution >= 4 is 27.5 Å². The summed E-state index contributed by atoms with van der Waals surface area (Å²) in [5.74, 6) is 0.596. The molecular weight excluding hydrogens is 427 g/mol. The second kappa shape index (κ2) is 8.37. The third-order valence-electron chi connectivity index (χ3n) is 3.64. The Morgan fingerprint density at radius 2 is 2.00 bits per heavy atom. The molecule has 0 aliphatic carbocycles. The van der Waals surface area contributed by atoms with E-state index < -0.39 is 5.82 Å². The van der Waals surface area contributed by atoms with Crippen molar-refractivity contribution in [2.24, 2.45) is 0 Å². The molecule has 1 N–H and O–H groups in total. The first-order chi connectivity index (χ1) is 12.6. The molecule has 0 fully saturated rings. The van der Waals surface area contributed by atoms with Gasteiger partial charge in [-0.1, -0.05) is 33.6 Å². The highest BCUT2D eigenvalue weighted by atomic mass is 79.9. The van der Waals surface area contributed by atoms with Crippen molar-refractivity contribution in [3.8, 4) is 11.5 Å². The zero-order valence-corrected chi connectivity index (χ0v) is 16.1. The lowest BCUT2D eigenvalue weighted by atomic mass is 10.2. The summed E-state index contributed by atoms with van der Waals surface area (Å²) in [6.45, 7) is 0.501. The maximum atomic E-state index is 13.9. The van der Waals surface area contributed by atoms with Crippen LogP contribution in [-0.2, 0) is 13.2 Å². The minimum absolute atomic E-state index is 0.00733. The smallest absolute Gasteiger partial charge is 0.162 e. The standard InChI is InChI=1S/C17H15BrClFN4O2/c1-25-16-5-11(7-23-24-9-21-22-10-24)13(18)6-17(16)26-8-12-14(19)3-2-4-15(12)20/h2-6,9-10,23H,7-8H2,1H3. The van der Waals surface area contributed by atoms with Gasteiger partial charge in [0.15, 0.2) is 11.5 Å². The minimum atomic E-state index is -0.412. The van der Waals surface area contributed by atoms with Crippen LogP contribution in [0.5, 0.6) is 11.5 Å². The highest BCUT2D eigenvalue weighted by Crippen LogP contribution is 2.34. The normalized spacial score (nSPS) is 10.6. The Bertz CT molecular complexity index is 872. The largest absolute Gasteiger partial charge is 0.493 e. The zero-order valence-electron chi connectivity index (χ0n) is 13.7. The SMILES string of the molecule is COc1cc(CNn2cnnc2)c(Br)cc1OCc1c(F)cccc1Cl. The molecule has 2 aromatic carbocycles. The molecule has 0 bridgehead atoms. The molecule has 3 rings (SSSR count). The average Bonchev–Trinajstić information content (AvgIpc) is 3.14. The molecular formula is C17H15BrClFN4O2. The average molecular weight is 442 g/mol. The van der Waals surface area contributed by atoms with E-state index in [9.17, 15) is 4.39 Å². The summed E-state index contributed by atoms with van der Waals surface area (Å²) in [6, 6.07) is 8.13. The fourth-order valence-electron chi connectivity index (χ4n) is 2.26. The van der Waals surface area contributed by atoms with Crippen molar-refractivity contribution in [3.05, 3.63) is 69.4 Å². The van der Waals surface area contributed by atoms with Crippen LogP contribution < -0.4 is 14.9 Å². The first kappa shape index (κ1) is 18.5. The van der Waals surface area contributed by atoms with Gasteiger partial charge in [-0.2, -0.15) is 0 Å². The Morgan fingerprint density at radius 3 is 2.69 bits per heavy atom. The third kappa shape index (κ3) is 4.25. The van der Waals surface area contributed by atoms with Crippen molar-refractivity contribution in [3.63, 3.8) is 0 Å². The Balaban J connectivity index is 1.76. The van der Waals surface area contributed by atoms with E-state index >= 15 is 0 Å². The van der Waals surface area contributed by atoms with Gasteiger partial charge < -0.3 is 14.9 Å². The van der Waals surface area contributed by atoms with Crippen LogP contribution in [0, 0.1) is 5.82 Å². The molecule has 0 saturated heterocycles. The number of hydrogen-bond acceptors (Lipinski definition) is 5. The number of hydrogen-bond donors (Lipinski definition) is 1. The lowest BCUT2D eigenvalue weighted by Gasteiger charge is -2.15. The lowest BCUT2D eigenvalue weighted by molar-refractivity contribution is 0.279. The summed E-state index contributed by atoms with van der Waals surface area (Å²) in [7, 11) is 1.54. The van der Waals surface area contributed by atoms with Gasteiger partial charge in [-0.3, -0.25) is 0 Å². The number of aromatic nitrogens is 3. The van der Waals surface area contributed by atoms with E-state index in [0.29, 0.717) is 28.6 Å². The van der Waals surface area contributed by atoms with Gasteiger partial charge in [-0.25, -0.2) is 9.07 Å². The second-order valence-electron chi connectivity index (χ2n) is 5.29. The number of ether oxygens (including phenoxy) is 2. The molecule has 26 heavy (non-hydrogen) atoms. The van der Waals surface area contributed by atoms with E-state index in [1.807, 2.05) is 6.07 Å². The van der Waals surface area contributed by atoms with Crippen molar-refractivity contribution in [1.29, 1.82) is 0 Å². The molecule has 6 nitrogen and oxygen atoms in total. The predicted octanol–water partition coefficient (Wildman–Crippen LogP) is 4.16. The summed E-state index contributed by atoms with van der Waals surface area (Å²) >= 11 is 9.55. The summed E-state index contributed by atoms with van der Waals surface area (Å²) in [4.78, 5) is 0. The van der Waals surface area contributed by atoms with Crippen LogP contribution in [0.4, 0.5) is 4.39 Å². The van der Waals surface area contributed by atoms with Crippen molar-refractivity contribution in [2.75, 3.05) is 12.5 Å². The minimum Gasteiger partial charge on any atom is -0.493 e. The highest BCUT2D eigenvalue weighted by molar-refractivity contribution is 9.10. The maximum absolute atomic E-state index is 13.9. The van der Waals surface area contributed by atoms with Crippen LogP contribution in [0.15, 0.2) is 47.5 Å². The van der Waals surface area contributed by atoms with E-state index in [1.54, 1.807) is 42.6 Å². The molecule has 0 radical (unpaired) electrons. The summed E-state index contributed by atoms with van der Waals surface area (Å²) in [5, 5.41) is 7.77. The van der Waals surface area contributed by atoms with Gasteiger partial charge in [-0.05, 0) is 29.8 Å². The molecule has 136 valence electrons. The molecule has 1 heterocycles. The lowest BCUT2D eigenvalue weighted by Crippen LogP contribution is -2.12. The molecule has 0 atom stereocenters. The molecule has 0 spiro atoms. The van der Waals surface area contributed by atoms with E-state index in [1.165, 1.54) is 6.07 Å². The van der Waals surface area contributed by atoms with E-state index in [0.717, 1.165) is 10.0 Å². The van der Waals surface area contributed by atoms with Gasteiger partial charge in [0, 0.05) is 10.0 Å². The van der Waals surface area contributed by atoms with Gasteiger partial charge in [0.25, 0.3) is 0 Å². The molecule has 0 unspecified atom stereocenters. The second-order valence-corrected chi connectivity index (χ2v) is 6.55. The number of benzene rings is 2. The van der Waals surface area contributed by atoms with Crippen molar-refractivity contribution < 1.29 is 13.9 Å². The topological polar surface area (TPSA) is 61.2 Å². The molecule has 1 aromatic heterocycles. The van der Waals surface area contributed by atoms with E-state index in [-0.39, 0.29) is 6.61 Å². The molecule has 3 aromatic rings. The van der Waals surface area contributed by atoms with Crippen LogP contribution in [0.2, 0.25) is 5.02 Å². The molecule has 9 heteroatoms. The van der Waals surface area contributed by atoms with Gasteiger partial charge in [0.2, 0.25) is 0 Å². The monoisotopic (exact) mass is 440 g/mol. The van der Waals surface area contributed by atoms with Crippen LogP contribution in [0.3, 0.4) is 0 Å². The third-order valence-corrected chi connectivity index (χ3v) is 4.73. The highest BCUT2D eigenvalue weighted by Gasteiger charge is 2.13. The van der Waals surface area contributed by atoms with Gasteiger partial charge >= 0.3 is 0 Å². The number of nitrogens with one attached hydrogen (secondary N) is 1. The fraction of sp³-hybridized carbons (Fsp3) is 0.176. The quantitative estimate of drug-likeness (QED) is 0.596. The van der Waals surface area contributed by atoms with E-state index in [4.69, 9.17) is 21.1 Å². The number of rotatable bonds is 7. The van der Waals surface area contributed by atoms with Crippen molar-refractivity contribution in [2.45, 2.75) is 13.2 Å². The van der Waals surface area contributed by atoms with Crippen LogP contribution >= 0.6 is 27.5 Å². The van der Waals surface area contributed by atoms with Crippen LogP contribution in [-0.4, -0.2) is 22.0 Å². The first-order valence-corrected chi connectivity index (χ1v) is 8.76. The molecule has 0 aliphatic heterocycles. The zero-order chi connectivity index (χ0) is 18.5. The Kier molecular flexibility index (Phi) is 5.95. The number of halogens is 3. The van der Waals surface area contributed by atoms with Gasteiger partial charge in [-0.15, -0.1) is 10.2 Å².